The summed E-state index contributed by atoms with van der Waals surface area (Å²) in [5.41, 5.74) is 6.94. The van der Waals surface area contributed by atoms with Gasteiger partial charge in [0.15, 0.2) is 0 Å². The molecule has 7 heteroatoms. The van der Waals surface area contributed by atoms with E-state index in [-0.39, 0.29) is 10.9 Å². The average molecular weight is 360 g/mol. The van der Waals surface area contributed by atoms with Crippen molar-refractivity contribution in [3.05, 3.63) is 62.6 Å². The maximum absolute atomic E-state index is 12.2. The van der Waals surface area contributed by atoms with Crippen molar-refractivity contribution < 1.29 is 4.79 Å². The van der Waals surface area contributed by atoms with E-state index in [1.807, 2.05) is 0 Å². The summed E-state index contributed by atoms with van der Waals surface area (Å²) in [5, 5.41) is 3.73. The maximum Gasteiger partial charge on any atom is 0.255 e. The Labute approximate surface area is 142 Å². The van der Waals surface area contributed by atoms with Crippen molar-refractivity contribution in [3.63, 3.8) is 0 Å². The number of nitrogens with two attached hydrogens (primary N) is 1. The first-order chi connectivity index (χ1) is 9.88. The van der Waals surface area contributed by atoms with Gasteiger partial charge in [-0.15, -0.1) is 0 Å². The Kier molecular flexibility index (Phi) is 5.06. The number of carbonyl (C=O) groups is 1. The van der Waals surface area contributed by atoms with Crippen LogP contribution in [0.1, 0.15) is 15.9 Å². The topological polar surface area (TPSA) is 55.1 Å². The molecular formula is C14H9Cl3N2OS. The van der Waals surface area contributed by atoms with Crippen molar-refractivity contribution in [2.24, 2.45) is 5.73 Å². The largest absolute Gasteiger partial charge is 0.389 e. The Morgan fingerprint density at radius 3 is 2.19 bits per heavy atom. The minimum atomic E-state index is -0.365. The van der Waals surface area contributed by atoms with Crippen LogP contribution in [0.5, 0.6) is 0 Å². The van der Waals surface area contributed by atoms with Crippen molar-refractivity contribution in [3.8, 4) is 0 Å². The summed E-state index contributed by atoms with van der Waals surface area (Å²) in [6, 6.07) is 9.49. The molecule has 2 aromatic carbocycles. The van der Waals surface area contributed by atoms with E-state index in [1.54, 1.807) is 30.3 Å². The van der Waals surface area contributed by atoms with Gasteiger partial charge in [-0.3, -0.25) is 4.79 Å². The molecule has 3 nitrogen and oxygen atoms in total. The van der Waals surface area contributed by atoms with Gasteiger partial charge in [-0.1, -0.05) is 53.1 Å². The molecule has 0 aliphatic heterocycles. The predicted molar refractivity (Wildman–Crippen MR) is 91.8 cm³/mol. The Hall–Kier alpha value is -1.33. The summed E-state index contributed by atoms with van der Waals surface area (Å²) in [6.45, 7) is 0. The van der Waals surface area contributed by atoms with Crippen LogP contribution >= 0.6 is 47.0 Å². The summed E-state index contributed by atoms with van der Waals surface area (Å²) in [7, 11) is 0. The molecule has 108 valence electrons. The molecule has 0 radical (unpaired) electrons. The fraction of sp³-hybridized carbons (Fsp3) is 0. The Bertz CT molecular complexity index is 734. The molecule has 0 aliphatic rings. The highest BCUT2D eigenvalue weighted by atomic mass is 35.5. The summed E-state index contributed by atoms with van der Waals surface area (Å²) < 4.78 is 0. The zero-order chi connectivity index (χ0) is 15.6. The number of hydrogen-bond donors (Lipinski definition) is 2. The molecule has 0 heterocycles. The van der Waals surface area contributed by atoms with E-state index in [4.69, 9.17) is 52.8 Å². The first-order valence-corrected chi connectivity index (χ1v) is 7.28. The number of halogens is 3. The Morgan fingerprint density at radius 1 is 0.952 bits per heavy atom. The Morgan fingerprint density at radius 2 is 1.57 bits per heavy atom. The molecule has 0 aromatic heterocycles. The molecule has 0 unspecified atom stereocenters. The monoisotopic (exact) mass is 358 g/mol. The van der Waals surface area contributed by atoms with Crippen LogP contribution in [0, 0.1) is 0 Å². The van der Waals surface area contributed by atoms with Crippen molar-refractivity contribution in [1.29, 1.82) is 0 Å². The first-order valence-electron chi connectivity index (χ1n) is 5.74. The highest BCUT2D eigenvalue weighted by Crippen LogP contribution is 2.26. The molecule has 2 aromatic rings. The second-order valence-electron chi connectivity index (χ2n) is 4.14. The lowest BCUT2D eigenvalue weighted by Crippen LogP contribution is -2.14. The van der Waals surface area contributed by atoms with Gasteiger partial charge in [-0.05, 0) is 30.3 Å². The van der Waals surface area contributed by atoms with Gasteiger partial charge in [0.2, 0.25) is 0 Å². The average Bonchev–Trinajstić information content (AvgIpc) is 2.43. The molecule has 0 bridgehead atoms. The zero-order valence-corrected chi connectivity index (χ0v) is 13.6. The van der Waals surface area contributed by atoms with Crippen LogP contribution in [0.4, 0.5) is 5.69 Å². The van der Waals surface area contributed by atoms with E-state index in [9.17, 15) is 4.79 Å². The van der Waals surface area contributed by atoms with E-state index < -0.39 is 0 Å². The SMILES string of the molecule is NC(=S)c1ccc(Cl)c(NC(=O)c2ccc(Cl)c(Cl)c2)c1. The first kappa shape index (κ1) is 16.0. The lowest BCUT2D eigenvalue weighted by molar-refractivity contribution is 0.102. The van der Waals surface area contributed by atoms with Crippen LogP contribution in [0.25, 0.3) is 0 Å². The van der Waals surface area contributed by atoms with Gasteiger partial charge in [-0.2, -0.15) is 0 Å². The number of hydrogen-bond acceptors (Lipinski definition) is 2. The van der Waals surface area contributed by atoms with Gasteiger partial charge < -0.3 is 11.1 Å². The van der Waals surface area contributed by atoms with Gasteiger partial charge in [0.1, 0.15) is 4.99 Å². The molecule has 0 atom stereocenters. The van der Waals surface area contributed by atoms with Gasteiger partial charge >= 0.3 is 0 Å². The van der Waals surface area contributed by atoms with E-state index in [1.165, 1.54) is 6.07 Å². The summed E-state index contributed by atoms with van der Waals surface area (Å²) in [5.74, 6) is -0.365. The van der Waals surface area contributed by atoms with E-state index in [0.29, 0.717) is 31.9 Å². The van der Waals surface area contributed by atoms with Gasteiger partial charge in [0.25, 0.3) is 5.91 Å². The lowest BCUT2D eigenvalue weighted by Gasteiger charge is -2.09. The van der Waals surface area contributed by atoms with Crippen LogP contribution in [0.15, 0.2) is 36.4 Å². The number of anilines is 1. The fourth-order valence-electron chi connectivity index (χ4n) is 1.61. The quantitative estimate of drug-likeness (QED) is 0.791. The number of amides is 1. The third-order valence-electron chi connectivity index (χ3n) is 2.68. The Balaban J connectivity index is 2.28. The van der Waals surface area contributed by atoms with E-state index >= 15 is 0 Å². The number of nitrogens with one attached hydrogen (secondary N) is 1. The third kappa shape index (κ3) is 3.86. The smallest absolute Gasteiger partial charge is 0.255 e. The minimum absolute atomic E-state index is 0.219. The van der Waals surface area contributed by atoms with E-state index in [2.05, 4.69) is 5.32 Å². The molecule has 21 heavy (non-hydrogen) atoms. The standard InChI is InChI=1S/C14H9Cl3N2OS/c15-9-3-2-8(5-11(9)17)14(20)19-12-6-7(13(18)21)1-4-10(12)16/h1-6H,(H2,18,21)(H,19,20). The van der Waals surface area contributed by atoms with Crippen LogP contribution in [-0.2, 0) is 0 Å². The molecular weight excluding hydrogens is 351 g/mol. The molecule has 3 N–H and O–H groups in total. The third-order valence-corrected chi connectivity index (χ3v) is 3.99. The minimum Gasteiger partial charge on any atom is -0.389 e. The number of thiocarbonyl (C=S) groups is 1. The molecule has 0 saturated carbocycles. The van der Waals surface area contributed by atoms with Crippen LogP contribution in [0.2, 0.25) is 15.1 Å². The maximum atomic E-state index is 12.2. The van der Waals surface area contributed by atoms with Crippen LogP contribution < -0.4 is 11.1 Å². The van der Waals surface area contributed by atoms with E-state index in [0.717, 1.165) is 0 Å². The van der Waals surface area contributed by atoms with Crippen molar-refractivity contribution >= 4 is 63.6 Å². The van der Waals surface area contributed by atoms with Gasteiger partial charge in [0.05, 0.1) is 20.8 Å². The van der Waals surface area contributed by atoms with Crippen molar-refractivity contribution in [1.82, 2.24) is 0 Å². The lowest BCUT2D eigenvalue weighted by atomic mass is 10.1. The number of rotatable bonds is 3. The highest BCUT2D eigenvalue weighted by molar-refractivity contribution is 7.80. The normalized spacial score (nSPS) is 10.2. The predicted octanol–water partition coefficient (Wildman–Crippen LogP) is 4.53. The second-order valence-corrected chi connectivity index (χ2v) is 5.80. The summed E-state index contributed by atoms with van der Waals surface area (Å²) in [4.78, 5) is 12.4. The van der Waals surface area contributed by atoms with Gasteiger partial charge in [0, 0.05) is 11.1 Å². The van der Waals surface area contributed by atoms with Crippen LogP contribution in [-0.4, -0.2) is 10.9 Å². The fourth-order valence-corrected chi connectivity index (χ4v) is 2.20. The van der Waals surface area contributed by atoms with Crippen molar-refractivity contribution in [2.45, 2.75) is 0 Å². The molecule has 2 rings (SSSR count). The van der Waals surface area contributed by atoms with Crippen molar-refractivity contribution in [2.75, 3.05) is 5.32 Å². The summed E-state index contributed by atoms with van der Waals surface area (Å²) >= 11 is 22.6. The zero-order valence-electron chi connectivity index (χ0n) is 10.5. The molecule has 0 aliphatic carbocycles. The van der Waals surface area contributed by atoms with Gasteiger partial charge in [-0.25, -0.2) is 0 Å². The molecule has 1 amide bonds. The molecule has 0 fully saturated rings. The number of benzene rings is 2. The highest BCUT2D eigenvalue weighted by Gasteiger charge is 2.11. The van der Waals surface area contributed by atoms with Crippen LogP contribution in [0.3, 0.4) is 0 Å². The molecule has 0 spiro atoms. The second kappa shape index (κ2) is 6.62. The summed E-state index contributed by atoms with van der Waals surface area (Å²) in [6.07, 6.45) is 0. The molecule has 0 saturated heterocycles. The number of carbonyl (C=O) groups excluding carboxylic acids is 1.